The zero-order chi connectivity index (χ0) is 18.4. The Morgan fingerprint density at radius 1 is 1.00 bits per heavy atom. The molecule has 2 amide bonds. The van der Waals surface area contributed by atoms with Crippen LogP contribution in [0.2, 0.25) is 10.0 Å². The maximum absolute atomic E-state index is 13.5. The molecule has 0 fully saturated rings. The first-order valence-corrected chi connectivity index (χ1v) is 8.04. The highest BCUT2D eigenvalue weighted by Crippen LogP contribution is 2.33. The molecule has 0 aliphatic heterocycles. The molecule has 132 valence electrons. The maximum atomic E-state index is 13.5. The van der Waals surface area contributed by atoms with Crippen molar-refractivity contribution in [3.05, 3.63) is 63.4 Å². The van der Waals surface area contributed by atoms with E-state index in [4.69, 9.17) is 27.9 Å². The Labute approximate surface area is 154 Å². The molecule has 2 aromatic rings. The second-order valence-corrected chi connectivity index (χ2v) is 5.74. The Morgan fingerprint density at radius 3 is 2.24 bits per heavy atom. The van der Waals surface area contributed by atoms with Gasteiger partial charge in [0.2, 0.25) is 0 Å². The molecule has 2 aromatic carbocycles. The number of ether oxygens (including phenoxy) is 1. The summed E-state index contributed by atoms with van der Waals surface area (Å²) < 4.78 is 18.6. The van der Waals surface area contributed by atoms with Gasteiger partial charge < -0.3 is 15.4 Å². The Balaban J connectivity index is 1.93. The van der Waals surface area contributed by atoms with Crippen LogP contribution in [0, 0.1) is 5.82 Å². The Hall–Kier alpha value is -2.31. The lowest BCUT2D eigenvalue weighted by Gasteiger charge is -2.12. The molecule has 2 N–H and O–H groups in total. The minimum atomic E-state index is -0.612. The Bertz CT molecular complexity index is 799. The normalized spacial score (nSPS) is 10.2. The summed E-state index contributed by atoms with van der Waals surface area (Å²) in [6.45, 7) is 0.227. The van der Waals surface area contributed by atoms with E-state index < -0.39 is 17.6 Å². The van der Waals surface area contributed by atoms with Gasteiger partial charge in [0.15, 0.2) is 5.75 Å². The summed E-state index contributed by atoms with van der Waals surface area (Å²) in [5, 5.41) is 5.55. The quantitative estimate of drug-likeness (QED) is 0.750. The monoisotopic (exact) mass is 384 g/mol. The van der Waals surface area contributed by atoms with E-state index in [0.717, 1.165) is 0 Å². The molecule has 8 heteroatoms. The SMILES string of the molecule is COc1c(Cl)ccc(Cl)c1C(=O)NCCNC(=O)c1ccccc1F. The zero-order valence-corrected chi connectivity index (χ0v) is 14.7. The van der Waals surface area contributed by atoms with Crippen LogP contribution in [0.15, 0.2) is 36.4 Å². The first-order valence-electron chi connectivity index (χ1n) is 7.28. The lowest BCUT2D eigenvalue weighted by molar-refractivity contribution is 0.0924. The summed E-state index contributed by atoms with van der Waals surface area (Å²) >= 11 is 12.0. The van der Waals surface area contributed by atoms with Gasteiger partial charge in [-0.15, -0.1) is 0 Å². The van der Waals surface area contributed by atoms with Crippen LogP contribution < -0.4 is 15.4 Å². The molecule has 0 aliphatic rings. The predicted molar refractivity (Wildman–Crippen MR) is 94.1 cm³/mol. The van der Waals surface area contributed by atoms with Crippen LogP contribution in [-0.4, -0.2) is 32.0 Å². The van der Waals surface area contributed by atoms with Gasteiger partial charge in [-0.3, -0.25) is 9.59 Å². The van der Waals surface area contributed by atoms with Crippen LogP contribution >= 0.6 is 23.2 Å². The third-order valence-corrected chi connectivity index (χ3v) is 3.92. The van der Waals surface area contributed by atoms with Crippen molar-refractivity contribution in [3.8, 4) is 5.75 Å². The third kappa shape index (κ3) is 4.61. The summed E-state index contributed by atoms with van der Waals surface area (Å²) in [6.07, 6.45) is 0. The molecule has 0 unspecified atom stereocenters. The van der Waals surface area contributed by atoms with Crippen molar-refractivity contribution in [1.29, 1.82) is 0 Å². The molecule has 0 atom stereocenters. The van der Waals surface area contributed by atoms with Gasteiger partial charge in [0, 0.05) is 13.1 Å². The Morgan fingerprint density at radius 2 is 1.60 bits per heavy atom. The first kappa shape index (κ1) is 19.0. The van der Waals surface area contributed by atoms with Gasteiger partial charge in [0.05, 0.1) is 22.7 Å². The van der Waals surface area contributed by atoms with Crippen LogP contribution in [0.25, 0.3) is 0 Å². The van der Waals surface area contributed by atoms with E-state index in [-0.39, 0.29) is 40.0 Å². The van der Waals surface area contributed by atoms with Gasteiger partial charge in [0.25, 0.3) is 11.8 Å². The van der Waals surface area contributed by atoms with E-state index >= 15 is 0 Å². The van der Waals surface area contributed by atoms with Gasteiger partial charge in [-0.25, -0.2) is 4.39 Å². The van der Waals surface area contributed by atoms with Crippen molar-refractivity contribution in [3.63, 3.8) is 0 Å². The molecule has 0 bridgehead atoms. The zero-order valence-electron chi connectivity index (χ0n) is 13.2. The van der Waals surface area contributed by atoms with E-state index in [2.05, 4.69) is 10.6 Å². The molecule has 5 nitrogen and oxygen atoms in total. The van der Waals surface area contributed by atoms with Crippen molar-refractivity contribution in [1.82, 2.24) is 10.6 Å². The van der Waals surface area contributed by atoms with Crippen molar-refractivity contribution in [2.45, 2.75) is 0 Å². The van der Waals surface area contributed by atoms with Gasteiger partial charge in [-0.05, 0) is 24.3 Å². The van der Waals surface area contributed by atoms with Gasteiger partial charge in [-0.1, -0.05) is 35.3 Å². The number of hydrogen-bond acceptors (Lipinski definition) is 3. The summed E-state index contributed by atoms with van der Waals surface area (Å²) in [4.78, 5) is 24.1. The fourth-order valence-corrected chi connectivity index (χ4v) is 2.59. The van der Waals surface area contributed by atoms with E-state index in [1.54, 1.807) is 6.07 Å². The number of carbonyl (C=O) groups is 2. The van der Waals surface area contributed by atoms with Crippen LogP contribution in [0.1, 0.15) is 20.7 Å². The number of amides is 2. The Kier molecular flexibility index (Phi) is 6.61. The minimum Gasteiger partial charge on any atom is -0.494 e. The third-order valence-electron chi connectivity index (χ3n) is 3.30. The second-order valence-electron chi connectivity index (χ2n) is 4.93. The average Bonchev–Trinajstić information content (AvgIpc) is 2.60. The molecule has 0 saturated carbocycles. The van der Waals surface area contributed by atoms with Crippen molar-refractivity contribution < 1.29 is 18.7 Å². The lowest BCUT2D eigenvalue weighted by atomic mass is 10.2. The minimum absolute atomic E-state index is 0.0617. The molecular formula is C17H15Cl2FN2O3. The lowest BCUT2D eigenvalue weighted by Crippen LogP contribution is -2.35. The molecule has 0 aliphatic carbocycles. The van der Waals surface area contributed by atoms with Crippen LogP contribution in [0.5, 0.6) is 5.75 Å². The molecule has 0 spiro atoms. The topological polar surface area (TPSA) is 67.4 Å². The first-order chi connectivity index (χ1) is 12.0. The van der Waals surface area contributed by atoms with E-state index in [9.17, 15) is 14.0 Å². The van der Waals surface area contributed by atoms with Crippen molar-refractivity contribution in [2.24, 2.45) is 0 Å². The maximum Gasteiger partial charge on any atom is 0.256 e. The second kappa shape index (κ2) is 8.69. The summed E-state index contributed by atoms with van der Waals surface area (Å²) in [6, 6.07) is 8.64. The van der Waals surface area contributed by atoms with Crippen molar-refractivity contribution >= 4 is 35.0 Å². The number of nitrogens with one attached hydrogen (secondary N) is 2. The highest BCUT2D eigenvalue weighted by Gasteiger charge is 2.19. The number of rotatable bonds is 6. The fraction of sp³-hybridized carbons (Fsp3) is 0.176. The molecule has 0 saturated heterocycles. The standard InChI is InChI=1S/C17H15Cl2FN2O3/c1-25-15-12(19)7-6-11(18)14(15)17(24)22-9-8-21-16(23)10-4-2-3-5-13(10)20/h2-7H,8-9H2,1H3,(H,21,23)(H,22,24). The molecule has 2 rings (SSSR count). The molecule has 0 heterocycles. The van der Waals surface area contributed by atoms with Gasteiger partial charge in [-0.2, -0.15) is 0 Å². The van der Waals surface area contributed by atoms with Gasteiger partial charge in [0.1, 0.15) is 11.4 Å². The molecule has 0 aromatic heterocycles. The van der Waals surface area contributed by atoms with E-state index in [1.807, 2.05) is 0 Å². The summed E-state index contributed by atoms with van der Waals surface area (Å²) in [7, 11) is 1.38. The molecule has 25 heavy (non-hydrogen) atoms. The average molecular weight is 385 g/mol. The van der Waals surface area contributed by atoms with Crippen molar-refractivity contribution in [2.75, 3.05) is 20.2 Å². The van der Waals surface area contributed by atoms with Crippen LogP contribution in [0.4, 0.5) is 4.39 Å². The van der Waals surface area contributed by atoms with Gasteiger partial charge >= 0.3 is 0 Å². The van der Waals surface area contributed by atoms with E-state index in [0.29, 0.717) is 0 Å². The predicted octanol–water partition coefficient (Wildman–Crippen LogP) is 3.30. The number of carbonyl (C=O) groups excluding carboxylic acids is 2. The number of hydrogen-bond donors (Lipinski definition) is 2. The highest BCUT2D eigenvalue weighted by atomic mass is 35.5. The molecule has 0 radical (unpaired) electrons. The largest absolute Gasteiger partial charge is 0.494 e. The summed E-state index contributed by atoms with van der Waals surface area (Å²) in [5.41, 5.74) is 0.0467. The molecular weight excluding hydrogens is 370 g/mol. The number of methoxy groups -OCH3 is 1. The van der Waals surface area contributed by atoms with Crippen LogP contribution in [0.3, 0.4) is 0 Å². The van der Waals surface area contributed by atoms with E-state index in [1.165, 1.54) is 37.4 Å². The number of halogens is 3. The van der Waals surface area contributed by atoms with Crippen LogP contribution in [-0.2, 0) is 0 Å². The smallest absolute Gasteiger partial charge is 0.256 e. The summed E-state index contributed by atoms with van der Waals surface area (Å²) in [5.74, 6) is -1.50. The fourth-order valence-electron chi connectivity index (χ4n) is 2.13. The highest BCUT2D eigenvalue weighted by molar-refractivity contribution is 6.37. The number of benzene rings is 2.